The molecule has 1 aromatic rings. The van der Waals surface area contributed by atoms with Gasteiger partial charge in [-0.1, -0.05) is 22.6 Å². The maximum Gasteiger partial charge on any atom is 0.0721 e. The van der Waals surface area contributed by atoms with Gasteiger partial charge < -0.3 is 0 Å². The summed E-state index contributed by atoms with van der Waals surface area (Å²) in [5.41, 5.74) is 1.15. The molecule has 0 radical (unpaired) electrons. The fourth-order valence-electron chi connectivity index (χ4n) is 0.534. The quantitative estimate of drug-likeness (QED) is 0.518. The standard InChI is InChI=1S/C5H7IN2/c1-8-3-2-5(4-6)7-8/h2-3H,4H2,1H3. The maximum atomic E-state index is 4.14. The normalized spacial score (nSPS) is 9.75. The zero-order chi connectivity index (χ0) is 5.98. The molecule has 0 fully saturated rings. The van der Waals surface area contributed by atoms with Crippen LogP contribution in [0, 0.1) is 0 Å². The SMILES string of the molecule is Cn1ccc(CI)n1. The van der Waals surface area contributed by atoms with E-state index in [0.717, 1.165) is 10.1 Å². The van der Waals surface area contributed by atoms with Gasteiger partial charge in [0.1, 0.15) is 0 Å². The van der Waals surface area contributed by atoms with E-state index in [1.807, 2.05) is 24.0 Å². The van der Waals surface area contributed by atoms with E-state index in [-0.39, 0.29) is 0 Å². The summed E-state index contributed by atoms with van der Waals surface area (Å²) in [6.45, 7) is 0. The highest BCUT2D eigenvalue weighted by Crippen LogP contribution is 1.99. The molecule has 0 aromatic carbocycles. The molecule has 0 unspecified atom stereocenters. The largest absolute Gasteiger partial charge is 0.276 e. The highest BCUT2D eigenvalue weighted by molar-refractivity contribution is 14.1. The second kappa shape index (κ2) is 2.48. The van der Waals surface area contributed by atoms with Crippen molar-refractivity contribution in [3.05, 3.63) is 18.0 Å². The van der Waals surface area contributed by atoms with Gasteiger partial charge in [-0.3, -0.25) is 4.68 Å². The molecule has 2 nitrogen and oxygen atoms in total. The summed E-state index contributed by atoms with van der Waals surface area (Å²) in [5.74, 6) is 0. The van der Waals surface area contributed by atoms with Crippen LogP contribution in [0.5, 0.6) is 0 Å². The molecule has 0 atom stereocenters. The smallest absolute Gasteiger partial charge is 0.0721 e. The van der Waals surface area contributed by atoms with Crippen molar-refractivity contribution in [2.45, 2.75) is 4.43 Å². The van der Waals surface area contributed by atoms with Gasteiger partial charge in [-0.05, 0) is 6.07 Å². The van der Waals surface area contributed by atoms with Crippen LogP contribution in [0.1, 0.15) is 5.69 Å². The van der Waals surface area contributed by atoms with Crippen LogP contribution >= 0.6 is 22.6 Å². The van der Waals surface area contributed by atoms with Crippen molar-refractivity contribution >= 4 is 22.6 Å². The van der Waals surface area contributed by atoms with Gasteiger partial charge in [-0.15, -0.1) is 0 Å². The average Bonchev–Trinajstić information content (AvgIpc) is 2.14. The van der Waals surface area contributed by atoms with Crippen molar-refractivity contribution in [1.29, 1.82) is 0 Å². The second-order valence-corrected chi connectivity index (χ2v) is 2.38. The molecular weight excluding hydrogens is 215 g/mol. The Morgan fingerprint density at radius 2 is 2.62 bits per heavy atom. The summed E-state index contributed by atoms with van der Waals surface area (Å²) in [5, 5.41) is 4.14. The molecule has 0 aliphatic rings. The second-order valence-electron chi connectivity index (χ2n) is 1.61. The van der Waals surface area contributed by atoms with Gasteiger partial charge in [0, 0.05) is 17.7 Å². The molecule has 0 saturated carbocycles. The van der Waals surface area contributed by atoms with E-state index in [1.165, 1.54) is 0 Å². The summed E-state index contributed by atoms with van der Waals surface area (Å²) >= 11 is 2.29. The zero-order valence-corrected chi connectivity index (χ0v) is 6.79. The van der Waals surface area contributed by atoms with Crippen molar-refractivity contribution in [3.63, 3.8) is 0 Å². The lowest BCUT2D eigenvalue weighted by molar-refractivity contribution is 0.756. The van der Waals surface area contributed by atoms with Crippen molar-refractivity contribution in [1.82, 2.24) is 9.78 Å². The molecule has 1 aromatic heterocycles. The highest BCUT2D eigenvalue weighted by atomic mass is 127. The predicted molar refractivity (Wildman–Crippen MR) is 40.9 cm³/mol. The summed E-state index contributed by atoms with van der Waals surface area (Å²) in [6.07, 6.45) is 1.95. The van der Waals surface area contributed by atoms with Gasteiger partial charge in [0.05, 0.1) is 5.69 Å². The molecule has 0 aliphatic heterocycles. The number of hydrogen-bond acceptors (Lipinski definition) is 1. The first-order chi connectivity index (χ1) is 3.83. The van der Waals surface area contributed by atoms with Crippen LogP contribution in [-0.2, 0) is 11.5 Å². The lowest BCUT2D eigenvalue weighted by Gasteiger charge is -1.82. The van der Waals surface area contributed by atoms with E-state index in [9.17, 15) is 0 Å². The van der Waals surface area contributed by atoms with Crippen LogP contribution in [0.4, 0.5) is 0 Å². The number of aromatic nitrogens is 2. The van der Waals surface area contributed by atoms with E-state index in [4.69, 9.17) is 0 Å². The van der Waals surface area contributed by atoms with Crippen LogP contribution < -0.4 is 0 Å². The van der Waals surface area contributed by atoms with Gasteiger partial charge in [-0.2, -0.15) is 5.10 Å². The third-order valence-corrected chi connectivity index (χ3v) is 1.69. The lowest BCUT2D eigenvalue weighted by Crippen LogP contribution is -1.87. The Morgan fingerprint density at radius 3 is 2.88 bits per heavy atom. The third-order valence-electron chi connectivity index (χ3n) is 0.906. The maximum absolute atomic E-state index is 4.14. The lowest BCUT2D eigenvalue weighted by atomic mass is 10.5. The Balaban J connectivity index is 2.84. The summed E-state index contributed by atoms with van der Waals surface area (Å²) in [7, 11) is 1.93. The Kier molecular flexibility index (Phi) is 1.88. The van der Waals surface area contributed by atoms with Gasteiger partial charge in [0.2, 0.25) is 0 Å². The minimum Gasteiger partial charge on any atom is -0.276 e. The first kappa shape index (κ1) is 6.07. The summed E-state index contributed by atoms with van der Waals surface area (Å²) in [6, 6.07) is 2.02. The van der Waals surface area contributed by atoms with Crippen molar-refractivity contribution in [3.8, 4) is 0 Å². The number of aryl methyl sites for hydroxylation is 1. The topological polar surface area (TPSA) is 17.8 Å². The van der Waals surface area contributed by atoms with Crippen molar-refractivity contribution in [2.24, 2.45) is 7.05 Å². The van der Waals surface area contributed by atoms with E-state index in [0.29, 0.717) is 0 Å². The number of nitrogens with zero attached hydrogens (tertiary/aromatic N) is 2. The first-order valence-corrected chi connectivity index (χ1v) is 3.90. The molecule has 1 heterocycles. The molecule has 44 valence electrons. The minimum absolute atomic E-state index is 0.999. The van der Waals surface area contributed by atoms with E-state index in [2.05, 4.69) is 27.7 Å². The number of rotatable bonds is 1. The first-order valence-electron chi connectivity index (χ1n) is 2.37. The van der Waals surface area contributed by atoms with Gasteiger partial charge in [0.25, 0.3) is 0 Å². The summed E-state index contributed by atoms with van der Waals surface area (Å²) in [4.78, 5) is 0. The van der Waals surface area contributed by atoms with Crippen LogP contribution in [0.2, 0.25) is 0 Å². The van der Waals surface area contributed by atoms with E-state index < -0.39 is 0 Å². The van der Waals surface area contributed by atoms with E-state index >= 15 is 0 Å². The highest BCUT2D eigenvalue weighted by Gasteiger charge is 1.89. The molecule has 8 heavy (non-hydrogen) atoms. The Hall–Kier alpha value is -0.0600. The molecule has 0 spiro atoms. The van der Waals surface area contributed by atoms with Gasteiger partial charge in [0.15, 0.2) is 0 Å². The van der Waals surface area contributed by atoms with Crippen molar-refractivity contribution < 1.29 is 0 Å². The van der Waals surface area contributed by atoms with Gasteiger partial charge in [-0.25, -0.2) is 0 Å². The molecule has 1 rings (SSSR count). The molecule has 0 N–H and O–H groups in total. The molecule has 0 saturated heterocycles. The van der Waals surface area contributed by atoms with E-state index in [1.54, 1.807) is 0 Å². The Bertz CT molecular complexity index is 171. The van der Waals surface area contributed by atoms with Gasteiger partial charge >= 0.3 is 0 Å². The molecule has 0 amide bonds. The van der Waals surface area contributed by atoms with Crippen LogP contribution in [0.3, 0.4) is 0 Å². The number of halogens is 1. The third kappa shape index (κ3) is 1.21. The number of alkyl halides is 1. The Labute approximate surface area is 62.0 Å². The zero-order valence-electron chi connectivity index (χ0n) is 4.63. The fourth-order valence-corrected chi connectivity index (χ4v) is 0.941. The number of hydrogen-bond donors (Lipinski definition) is 0. The van der Waals surface area contributed by atoms with Crippen molar-refractivity contribution in [2.75, 3.05) is 0 Å². The predicted octanol–water partition coefficient (Wildman–Crippen LogP) is 1.36. The minimum atomic E-state index is 0.999. The molecular formula is C5H7IN2. The average molecular weight is 222 g/mol. The monoisotopic (exact) mass is 222 g/mol. The van der Waals surface area contributed by atoms with Crippen LogP contribution in [-0.4, -0.2) is 9.78 Å². The summed E-state index contributed by atoms with van der Waals surface area (Å²) < 4.78 is 2.81. The molecule has 3 heteroatoms. The fraction of sp³-hybridized carbons (Fsp3) is 0.400. The molecule has 0 bridgehead atoms. The Morgan fingerprint density at radius 1 is 1.88 bits per heavy atom. The van der Waals surface area contributed by atoms with Crippen LogP contribution in [0.25, 0.3) is 0 Å². The molecule has 0 aliphatic carbocycles. The van der Waals surface area contributed by atoms with Crippen LogP contribution in [0.15, 0.2) is 12.3 Å².